The molecule has 0 saturated carbocycles. The van der Waals surface area contributed by atoms with Gasteiger partial charge in [-0.15, -0.1) is 0 Å². The smallest absolute Gasteiger partial charge is 0.308 e. The number of halogens is 5. The molecule has 2 aromatic rings. The minimum Gasteiger partial charge on any atom is -0.308 e. The molecule has 3 amide bonds. The van der Waals surface area contributed by atoms with Crippen LogP contribution in [0.4, 0.5) is 10.5 Å². The van der Waals surface area contributed by atoms with Gasteiger partial charge < -0.3 is 5.32 Å². The molecule has 5 nitrogen and oxygen atoms in total. The summed E-state index contributed by atoms with van der Waals surface area (Å²) in [5, 5.41) is 4.84. The Morgan fingerprint density at radius 2 is 1.61 bits per heavy atom. The number of carbonyl (C=O) groups excluding carboxylic acids is 2. The zero-order chi connectivity index (χ0) is 17.1. The Labute approximate surface area is 155 Å². The molecule has 0 aliphatic carbocycles. The van der Waals surface area contributed by atoms with Gasteiger partial charge in [0.25, 0.3) is 5.91 Å². The molecule has 0 aliphatic rings. The Hall–Kier alpha value is -1.24. The third-order valence-electron chi connectivity index (χ3n) is 2.53. The van der Waals surface area contributed by atoms with E-state index in [4.69, 9.17) is 58.0 Å². The molecular formula is C13H6Cl5N3O2. The summed E-state index contributed by atoms with van der Waals surface area (Å²) in [7, 11) is 0. The summed E-state index contributed by atoms with van der Waals surface area (Å²) in [6.07, 6.45) is 0. The average molecular weight is 413 g/mol. The van der Waals surface area contributed by atoms with Gasteiger partial charge in [0.05, 0.1) is 20.6 Å². The minimum atomic E-state index is -0.832. The molecule has 2 rings (SSSR count). The van der Waals surface area contributed by atoms with Crippen molar-refractivity contribution >= 4 is 75.6 Å². The van der Waals surface area contributed by atoms with Crippen LogP contribution < -0.4 is 10.6 Å². The van der Waals surface area contributed by atoms with Crippen molar-refractivity contribution in [3.63, 3.8) is 0 Å². The molecule has 1 aromatic heterocycles. The molecule has 0 radical (unpaired) electrons. The zero-order valence-corrected chi connectivity index (χ0v) is 14.7. The number of amides is 3. The molecule has 23 heavy (non-hydrogen) atoms. The first-order chi connectivity index (χ1) is 10.8. The van der Waals surface area contributed by atoms with Crippen molar-refractivity contribution in [2.75, 3.05) is 5.32 Å². The molecule has 0 bridgehead atoms. The highest BCUT2D eigenvalue weighted by atomic mass is 35.5. The van der Waals surface area contributed by atoms with Crippen LogP contribution in [-0.2, 0) is 0 Å². The second-order valence-electron chi connectivity index (χ2n) is 4.13. The lowest BCUT2D eigenvalue weighted by Crippen LogP contribution is -2.34. The number of anilines is 1. The number of pyridine rings is 1. The van der Waals surface area contributed by atoms with Gasteiger partial charge in [0.2, 0.25) is 0 Å². The number of hydrogen-bond donors (Lipinski definition) is 2. The Bertz CT molecular complexity index is 774. The van der Waals surface area contributed by atoms with E-state index < -0.39 is 11.9 Å². The van der Waals surface area contributed by atoms with Crippen LogP contribution in [-0.4, -0.2) is 16.9 Å². The Balaban J connectivity index is 2.11. The summed E-state index contributed by atoms with van der Waals surface area (Å²) in [5.74, 6) is -0.832. The van der Waals surface area contributed by atoms with Crippen LogP contribution in [0.1, 0.15) is 10.4 Å². The number of rotatable bonds is 2. The Morgan fingerprint density at radius 1 is 0.913 bits per heavy atom. The topological polar surface area (TPSA) is 71.1 Å². The summed E-state index contributed by atoms with van der Waals surface area (Å²) in [6.45, 7) is 0. The maximum absolute atomic E-state index is 12.0. The molecule has 10 heteroatoms. The molecule has 0 unspecified atom stereocenters. The van der Waals surface area contributed by atoms with Gasteiger partial charge in [-0.25, -0.2) is 9.78 Å². The average Bonchev–Trinajstić information content (AvgIpc) is 2.41. The minimum absolute atomic E-state index is 0.0248. The quantitative estimate of drug-likeness (QED) is 0.656. The van der Waals surface area contributed by atoms with Crippen LogP contribution in [0.5, 0.6) is 0 Å². The molecule has 0 atom stereocenters. The highest BCUT2D eigenvalue weighted by Crippen LogP contribution is 2.26. The fourth-order valence-corrected chi connectivity index (χ4v) is 2.76. The number of benzene rings is 1. The van der Waals surface area contributed by atoms with Crippen LogP contribution >= 0.6 is 58.0 Å². The van der Waals surface area contributed by atoms with Crippen LogP contribution in [0.25, 0.3) is 0 Å². The summed E-state index contributed by atoms with van der Waals surface area (Å²) >= 11 is 28.9. The molecule has 0 spiro atoms. The lowest BCUT2D eigenvalue weighted by molar-refractivity contribution is 0.0967. The van der Waals surface area contributed by atoms with E-state index in [1.807, 2.05) is 0 Å². The largest absolute Gasteiger partial charge is 0.326 e. The summed E-state index contributed by atoms with van der Waals surface area (Å²) in [5.41, 5.74) is 0.179. The first-order valence-electron chi connectivity index (χ1n) is 5.87. The molecule has 0 saturated heterocycles. The van der Waals surface area contributed by atoms with Crippen molar-refractivity contribution in [3.8, 4) is 0 Å². The SMILES string of the molecule is O=C(NC(=O)c1c(Cl)cc(Cl)nc1Cl)Nc1ccc(Cl)c(Cl)c1. The molecule has 2 N–H and O–H groups in total. The Kier molecular flexibility index (Phi) is 5.95. The molecule has 0 fully saturated rings. The van der Waals surface area contributed by atoms with Gasteiger partial charge in [-0.3, -0.25) is 10.1 Å². The second-order valence-corrected chi connectivity index (χ2v) is 6.10. The summed E-state index contributed by atoms with van der Waals surface area (Å²) in [4.78, 5) is 27.6. The molecule has 1 aromatic carbocycles. The van der Waals surface area contributed by atoms with E-state index in [1.54, 1.807) is 0 Å². The number of urea groups is 1. The van der Waals surface area contributed by atoms with Crippen LogP contribution in [0.2, 0.25) is 25.4 Å². The van der Waals surface area contributed by atoms with Crippen molar-refractivity contribution < 1.29 is 9.59 Å². The highest BCUT2D eigenvalue weighted by Gasteiger charge is 2.19. The summed E-state index contributed by atoms with van der Waals surface area (Å²) < 4.78 is 0. The van der Waals surface area contributed by atoms with Crippen molar-refractivity contribution in [3.05, 3.63) is 55.2 Å². The van der Waals surface area contributed by atoms with E-state index in [1.165, 1.54) is 24.3 Å². The monoisotopic (exact) mass is 411 g/mol. The van der Waals surface area contributed by atoms with Gasteiger partial charge in [-0.05, 0) is 24.3 Å². The lowest BCUT2D eigenvalue weighted by Gasteiger charge is -2.09. The fraction of sp³-hybridized carbons (Fsp3) is 0. The van der Waals surface area contributed by atoms with Gasteiger partial charge in [0.1, 0.15) is 10.3 Å². The van der Waals surface area contributed by atoms with E-state index >= 15 is 0 Å². The van der Waals surface area contributed by atoms with Crippen molar-refractivity contribution in [1.82, 2.24) is 10.3 Å². The van der Waals surface area contributed by atoms with Crippen molar-refractivity contribution in [2.24, 2.45) is 0 Å². The highest BCUT2D eigenvalue weighted by molar-refractivity contribution is 6.42. The molecule has 1 heterocycles. The van der Waals surface area contributed by atoms with E-state index in [9.17, 15) is 9.59 Å². The predicted molar refractivity (Wildman–Crippen MR) is 92.2 cm³/mol. The summed E-state index contributed by atoms with van der Waals surface area (Å²) in [6, 6.07) is 4.87. The third kappa shape index (κ3) is 4.62. The fourth-order valence-electron chi connectivity index (χ4n) is 1.56. The van der Waals surface area contributed by atoms with E-state index in [0.29, 0.717) is 10.7 Å². The molecular weight excluding hydrogens is 407 g/mol. The lowest BCUT2D eigenvalue weighted by atomic mass is 10.2. The van der Waals surface area contributed by atoms with E-state index in [-0.39, 0.29) is 25.9 Å². The Morgan fingerprint density at radius 3 is 2.22 bits per heavy atom. The normalized spacial score (nSPS) is 10.3. The van der Waals surface area contributed by atoms with Crippen molar-refractivity contribution in [2.45, 2.75) is 0 Å². The number of imide groups is 1. The number of carbonyl (C=O) groups is 2. The van der Waals surface area contributed by atoms with Gasteiger partial charge in [-0.2, -0.15) is 0 Å². The first kappa shape index (κ1) is 18.1. The molecule has 120 valence electrons. The van der Waals surface area contributed by atoms with Crippen LogP contribution in [0.15, 0.2) is 24.3 Å². The number of nitrogens with one attached hydrogen (secondary N) is 2. The van der Waals surface area contributed by atoms with Crippen molar-refractivity contribution in [1.29, 1.82) is 0 Å². The van der Waals surface area contributed by atoms with Gasteiger partial charge in [0.15, 0.2) is 0 Å². The predicted octanol–water partition coefficient (Wildman–Crippen LogP) is 5.31. The zero-order valence-electron chi connectivity index (χ0n) is 11.0. The first-order valence-corrected chi connectivity index (χ1v) is 7.76. The van der Waals surface area contributed by atoms with Crippen LogP contribution in [0, 0.1) is 0 Å². The van der Waals surface area contributed by atoms with Gasteiger partial charge in [-0.1, -0.05) is 58.0 Å². The third-order valence-corrected chi connectivity index (χ3v) is 4.03. The van der Waals surface area contributed by atoms with E-state index in [0.717, 1.165) is 0 Å². The number of hydrogen-bond acceptors (Lipinski definition) is 3. The van der Waals surface area contributed by atoms with Gasteiger partial charge in [0, 0.05) is 5.69 Å². The van der Waals surface area contributed by atoms with Crippen LogP contribution in [0.3, 0.4) is 0 Å². The number of nitrogens with zero attached hydrogens (tertiary/aromatic N) is 1. The van der Waals surface area contributed by atoms with Gasteiger partial charge >= 0.3 is 6.03 Å². The maximum atomic E-state index is 12.0. The second kappa shape index (κ2) is 7.55. The number of aromatic nitrogens is 1. The molecule has 0 aliphatic heterocycles. The van der Waals surface area contributed by atoms with E-state index in [2.05, 4.69) is 15.6 Å². The standard InChI is InChI=1S/C13H6Cl5N3O2/c14-6-2-1-5(3-7(6)15)19-13(23)21-12(22)10-8(16)4-9(17)20-11(10)18/h1-4H,(H2,19,21,22,23). The maximum Gasteiger partial charge on any atom is 0.326 e.